The van der Waals surface area contributed by atoms with Crippen molar-refractivity contribution in [2.45, 2.75) is 44.7 Å². The zero-order chi connectivity index (χ0) is 11.4. The van der Waals surface area contributed by atoms with E-state index < -0.39 is 0 Å². The van der Waals surface area contributed by atoms with Crippen LogP contribution in [-0.4, -0.2) is 57.1 Å². The van der Waals surface area contributed by atoms with E-state index in [2.05, 4.69) is 31.1 Å². The Hall–Kier alpha value is -0.160. The third-order valence-corrected chi connectivity index (χ3v) is 3.26. The number of hydrogen-bond acceptors (Lipinski definition) is 4. The number of nitrogens with one attached hydrogen (secondary N) is 1. The molecule has 3 atom stereocenters. The van der Waals surface area contributed by atoms with Gasteiger partial charge < -0.3 is 19.7 Å². The first-order valence-corrected chi connectivity index (χ1v) is 5.60. The van der Waals surface area contributed by atoms with Crippen LogP contribution >= 0.6 is 0 Å². The molecule has 0 aromatic carbocycles. The minimum absolute atomic E-state index is 0.161. The molecule has 3 unspecified atom stereocenters. The first-order valence-electron chi connectivity index (χ1n) is 5.60. The fourth-order valence-electron chi connectivity index (χ4n) is 2.27. The van der Waals surface area contributed by atoms with Crippen LogP contribution in [0.5, 0.6) is 0 Å². The van der Waals surface area contributed by atoms with Crippen LogP contribution in [0, 0.1) is 0 Å². The van der Waals surface area contributed by atoms with Gasteiger partial charge in [0.25, 0.3) is 0 Å². The number of ether oxygens (including phenoxy) is 2. The second-order valence-electron chi connectivity index (χ2n) is 4.52. The van der Waals surface area contributed by atoms with Crippen LogP contribution in [0.2, 0.25) is 0 Å². The van der Waals surface area contributed by atoms with Crippen molar-refractivity contribution < 1.29 is 9.47 Å². The lowest BCUT2D eigenvalue weighted by Crippen LogP contribution is -2.45. The Bertz CT molecular complexity index is 175. The van der Waals surface area contributed by atoms with E-state index in [1.165, 1.54) is 6.42 Å². The van der Waals surface area contributed by atoms with Crippen LogP contribution in [-0.2, 0) is 9.47 Å². The molecule has 4 heteroatoms. The topological polar surface area (TPSA) is 33.7 Å². The molecule has 4 nitrogen and oxygen atoms in total. The predicted molar refractivity (Wildman–Crippen MR) is 60.9 cm³/mol. The lowest BCUT2D eigenvalue weighted by Gasteiger charge is -2.25. The smallest absolute Gasteiger partial charge is 0.171 e. The minimum Gasteiger partial charge on any atom is -0.354 e. The average molecular weight is 216 g/mol. The highest BCUT2D eigenvalue weighted by molar-refractivity contribution is 4.86. The number of likely N-dealkylation sites (N-methyl/N-ethyl adjacent to an activating group) is 1. The Kier molecular flexibility index (Phi) is 4.99. The second kappa shape index (κ2) is 5.80. The summed E-state index contributed by atoms with van der Waals surface area (Å²) in [5.41, 5.74) is 0. The molecular weight excluding hydrogens is 192 g/mol. The Labute approximate surface area is 92.9 Å². The molecule has 1 aliphatic rings. The lowest BCUT2D eigenvalue weighted by atomic mass is 10.1. The molecule has 1 rings (SSSR count). The molecule has 0 spiro atoms. The van der Waals surface area contributed by atoms with Crippen molar-refractivity contribution in [1.82, 2.24) is 10.2 Å². The molecule has 0 aromatic heterocycles. The first kappa shape index (κ1) is 12.9. The summed E-state index contributed by atoms with van der Waals surface area (Å²) < 4.78 is 10.5. The summed E-state index contributed by atoms with van der Waals surface area (Å²) in [5, 5.41) is 3.55. The molecule has 1 heterocycles. The van der Waals surface area contributed by atoms with E-state index in [0.717, 1.165) is 6.54 Å². The minimum atomic E-state index is -0.161. The molecule has 0 radical (unpaired) electrons. The van der Waals surface area contributed by atoms with E-state index in [-0.39, 0.29) is 12.3 Å². The maximum atomic E-state index is 5.23. The molecule has 1 saturated heterocycles. The van der Waals surface area contributed by atoms with E-state index in [1.807, 2.05) is 0 Å². The van der Waals surface area contributed by atoms with Gasteiger partial charge in [-0.05, 0) is 27.3 Å². The van der Waals surface area contributed by atoms with E-state index in [0.29, 0.717) is 12.1 Å². The number of nitrogens with zero attached hydrogens (tertiary/aromatic N) is 1. The van der Waals surface area contributed by atoms with Crippen LogP contribution < -0.4 is 5.32 Å². The number of methoxy groups -OCH3 is 2. The molecule has 0 aliphatic carbocycles. The predicted octanol–water partition coefficient (Wildman–Crippen LogP) is 0.676. The standard InChI is InChI=1S/C11H24N2O2/c1-8-6-10(7-13(8)3)12-9(2)11(14-4)15-5/h8-12H,6-7H2,1-5H3. The fraction of sp³-hybridized carbons (Fsp3) is 1.00. The molecule has 1 fully saturated rings. The zero-order valence-electron chi connectivity index (χ0n) is 10.5. The third kappa shape index (κ3) is 3.41. The highest BCUT2D eigenvalue weighted by Crippen LogP contribution is 2.16. The number of rotatable bonds is 5. The van der Waals surface area contributed by atoms with Gasteiger partial charge in [-0.15, -0.1) is 0 Å². The van der Waals surface area contributed by atoms with Gasteiger partial charge in [0.15, 0.2) is 6.29 Å². The molecule has 1 N–H and O–H groups in total. The van der Waals surface area contributed by atoms with Gasteiger partial charge in [-0.25, -0.2) is 0 Å². The number of likely N-dealkylation sites (tertiary alicyclic amines) is 1. The summed E-state index contributed by atoms with van der Waals surface area (Å²) in [6.07, 6.45) is 1.03. The summed E-state index contributed by atoms with van der Waals surface area (Å²) in [6.45, 7) is 5.46. The lowest BCUT2D eigenvalue weighted by molar-refractivity contribution is -0.120. The van der Waals surface area contributed by atoms with Gasteiger partial charge in [0, 0.05) is 32.8 Å². The van der Waals surface area contributed by atoms with Crippen molar-refractivity contribution >= 4 is 0 Å². The summed E-state index contributed by atoms with van der Waals surface area (Å²) >= 11 is 0. The van der Waals surface area contributed by atoms with Gasteiger partial charge in [0.05, 0.1) is 6.04 Å². The van der Waals surface area contributed by atoms with E-state index in [9.17, 15) is 0 Å². The summed E-state index contributed by atoms with van der Waals surface area (Å²) in [5.74, 6) is 0. The highest BCUT2D eigenvalue weighted by Gasteiger charge is 2.28. The van der Waals surface area contributed by atoms with Crippen molar-refractivity contribution in [3.63, 3.8) is 0 Å². The third-order valence-electron chi connectivity index (χ3n) is 3.26. The van der Waals surface area contributed by atoms with Crippen LogP contribution in [0.15, 0.2) is 0 Å². The molecule has 1 aliphatic heterocycles. The fourth-order valence-corrected chi connectivity index (χ4v) is 2.27. The van der Waals surface area contributed by atoms with Crippen LogP contribution in [0.1, 0.15) is 20.3 Å². The Morgan fingerprint density at radius 2 is 1.93 bits per heavy atom. The molecule has 0 saturated carbocycles. The van der Waals surface area contributed by atoms with Gasteiger partial charge in [-0.2, -0.15) is 0 Å². The monoisotopic (exact) mass is 216 g/mol. The molecule has 0 aromatic rings. The van der Waals surface area contributed by atoms with Crippen LogP contribution in [0.4, 0.5) is 0 Å². The van der Waals surface area contributed by atoms with Crippen molar-refractivity contribution in [1.29, 1.82) is 0 Å². The normalized spacial score (nSPS) is 30.0. The molecule has 0 amide bonds. The van der Waals surface area contributed by atoms with Crippen molar-refractivity contribution in [3.05, 3.63) is 0 Å². The Morgan fingerprint density at radius 3 is 2.33 bits per heavy atom. The van der Waals surface area contributed by atoms with Gasteiger partial charge in [-0.3, -0.25) is 0 Å². The van der Waals surface area contributed by atoms with Crippen molar-refractivity contribution in [3.8, 4) is 0 Å². The quantitative estimate of drug-likeness (QED) is 0.685. The van der Waals surface area contributed by atoms with Gasteiger partial charge in [-0.1, -0.05) is 0 Å². The maximum absolute atomic E-state index is 5.23. The molecule has 15 heavy (non-hydrogen) atoms. The van der Waals surface area contributed by atoms with Crippen molar-refractivity contribution in [2.75, 3.05) is 27.8 Å². The molecule has 0 bridgehead atoms. The zero-order valence-corrected chi connectivity index (χ0v) is 10.5. The van der Waals surface area contributed by atoms with E-state index >= 15 is 0 Å². The SMILES string of the molecule is COC(OC)C(C)NC1CC(C)N(C)C1. The summed E-state index contributed by atoms with van der Waals surface area (Å²) in [6, 6.07) is 1.44. The van der Waals surface area contributed by atoms with E-state index in [1.54, 1.807) is 14.2 Å². The van der Waals surface area contributed by atoms with Gasteiger partial charge in [0.1, 0.15) is 0 Å². The summed E-state index contributed by atoms with van der Waals surface area (Å²) in [7, 11) is 5.52. The first-order chi connectivity index (χ1) is 7.08. The summed E-state index contributed by atoms with van der Waals surface area (Å²) in [4.78, 5) is 2.37. The molecule has 90 valence electrons. The van der Waals surface area contributed by atoms with E-state index in [4.69, 9.17) is 9.47 Å². The van der Waals surface area contributed by atoms with Gasteiger partial charge in [0.2, 0.25) is 0 Å². The largest absolute Gasteiger partial charge is 0.354 e. The van der Waals surface area contributed by atoms with Gasteiger partial charge >= 0.3 is 0 Å². The Balaban J connectivity index is 2.35. The van der Waals surface area contributed by atoms with Crippen LogP contribution in [0.3, 0.4) is 0 Å². The second-order valence-corrected chi connectivity index (χ2v) is 4.52. The number of hydrogen-bond donors (Lipinski definition) is 1. The Morgan fingerprint density at radius 1 is 1.33 bits per heavy atom. The maximum Gasteiger partial charge on any atom is 0.171 e. The average Bonchev–Trinajstić information content (AvgIpc) is 2.47. The van der Waals surface area contributed by atoms with Crippen LogP contribution in [0.25, 0.3) is 0 Å². The molecular formula is C11H24N2O2. The van der Waals surface area contributed by atoms with Crippen molar-refractivity contribution in [2.24, 2.45) is 0 Å². The highest BCUT2D eigenvalue weighted by atomic mass is 16.7.